The molecule has 0 N–H and O–H groups in total. The molecule has 0 rings (SSSR count). The van der Waals surface area contributed by atoms with Crippen molar-refractivity contribution in [1.82, 2.24) is 0 Å². The van der Waals surface area contributed by atoms with Crippen LogP contribution in [0.2, 0.25) is 0 Å². The predicted octanol–water partition coefficient (Wildman–Crippen LogP) is 4.01. The van der Waals surface area contributed by atoms with Gasteiger partial charge in [-0.3, -0.25) is 0 Å². The van der Waals surface area contributed by atoms with Crippen LogP contribution in [0, 0.1) is 0 Å². The van der Waals surface area contributed by atoms with E-state index in [2.05, 4.69) is 13.8 Å². The van der Waals surface area contributed by atoms with Crippen LogP contribution in [-0.2, 0) is 0 Å². The second kappa shape index (κ2) is 15.8. The van der Waals surface area contributed by atoms with Crippen molar-refractivity contribution < 1.29 is 0 Å². The zero-order valence-electron chi connectivity index (χ0n) is 6.29. The predicted molar refractivity (Wildman–Crippen MR) is 46.4 cm³/mol. The van der Waals surface area contributed by atoms with Crippen LogP contribution in [0.4, 0.5) is 0 Å². The minimum absolute atomic E-state index is 0.194. The number of rotatable bonds is 3. The van der Waals surface area contributed by atoms with Gasteiger partial charge in [-0.2, -0.15) is 0 Å². The third-order valence-electron chi connectivity index (χ3n) is 0.957. The van der Waals surface area contributed by atoms with Crippen LogP contribution in [0.15, 0.2) is 0 Å². The molecule has 0 aliphatic heterocycles. The van der Waals surface area contributed by atoms with Gasteiger partial charge in [0.15, 0.2) is 0 Å². The lowest BCUT2D eigenvalue weighted by Crippen LogP contribution is -1.66. The first-order chi connectivity index (χ1) is 4.33. The van der Waals surface area contributed by atoms with Gasteiger partial charge >= 0.3 is 0 Å². The van der Waals surface area contributed by atoms with Crippen LogP contribution in [0.1, 0.15) is 39.5 Å². The van der Waals surface area contributed by atoms with E-state index in [4.69, 9.17) is 23.2 Å². The average Bonchev–Trinajstić information content (AvgIpc) is 1.86. The molecular weight excluding hydrogens is 155 g/mol. The van der Waals surface area contributed by atoms with Gasteiger partial charge in [0.2, 0.25) is 0 Å². The molecule has 0 aromatic rings. The van der Waals surface area contributed by atoms with E-state index in [0.717, 1.165) is 0 Å². The van der Waals surface area contributed by atoms with E-state index in [9.17, 15) is 0 Å². The highest BCUT2D eigenvalue weighted by Gasteiger charge is 1.75. The topological polar surface area (TPSA) is 0 Å². The fourth-order valence-electron chi connectivity index (χ4n) is 0.500. The highest BCUT2D eigenvalue weighted by molar-refractivity contribution is 6.40. The van der Waals surface area contributed by atoms with Gasteiger partial charge in [-0.15, -0.1) is 23.2 Å². The van der Waals surface area contributed by atoms with Crippen LogP contribution < -0.4 is 0 Å². The molecule has 0 atom stereocenters. The molecular formula is C7H16Cl2. The van der Waals surface area contributed by atoms with Crippen molar-refractivity contribution in [3.8, 4) is 0 Å². The van der Waals surface area contributed by atoms with E-state index in [-0.39, 0.29) is 5.34 Å². The van der Waals surface area contributed by atoms with Crippen molar-refractivity contribution in [2.24, 2.45) is 0 Å². The molecule has 58 valence electrons. The number of alkyl halides is 2. The third-order valence-corrected chi connectivity index (χ3v) is 0.957. The summed E-state index contributed by atoms with van der Waals surface area (Å²) in [5.74, 6) is 0. The van der Waals surface area contributed by atoms with Gasteiger partial charge in [0.1, 0.15) is 0 Å². The minimum Gasteiger partial charge on any atom is -0.109 e. The van der Waals surface area contributed by atoms with E-state index in [1.165, 1.54) is 25.7 Å². The maximum absolute atomic E-state index is 4.76. The Bertz CT molecular complexity index is 26.1. The molecule has 0 saturated heterocycles. The first-order valence-electron chi connectivity index (χ1n) is 3.45. The average molecular weight is 171 g/mol. The Labute approximate surface area is 68.5 Å². The lowest BCUT2D eigenvalue weighted by Gasteiger charge is -1.86. The van der Waals surface area contributed by atoms with Crippen LogP contribution in [0.5, 0.6) is 0 Å². The summed E-state index contributed by atoms with van der Waals surface area (Å²) in [6.45, 7) is 4.46. The summed E-state index contributed by atoms with van der Waals surface area (Å²) in [5, 5.41) is 0.194. The van der Waals surface area contributed by atoms with E-state index in [1.807, 2.05) is 0 Å². The lowest BCUT2D eigenvalue weighted by atomic mass is 10.2. The molecule has 0 unspecified atom stereocenters. The number of hydrogen-bond donors (Lipinski definition) is 0. The van der Waals surface area contributed by atoms with Gasteiger partial charge in [0.05, 0.1) is 5.34 Å². The summed E-state index contributed by atoms with van der Waals surface area (Å²) in [6.07, 6.45) is 5.54. The van der Waals surface area contributed by atoms with Crippen molar-refractivity contribution >= 4 is 23.2 Å². The van der Waals surface area contributed by atoms with Crippen molar-refractivity contribution in [2.45, 2.75) is 39.5 Å². The van der Waals surface area contributed by atoms with Crippen molar-refractivity contribution in [2.75, 3.05) is 5.34 Å². The van der Waals surface area contributed by atoms with Crippen molar-refractivity contribution in [3.63, 3.8) is 0 Å². The first kappa shape index (κ1) is 12.3. The molecule has 2 heteroatoms. The summed E-state index contributed by atoms with van der Waals surface area (Å²) < 4.78 is 0. The number of unbranched alkanes of at least 4 members (excludes halogenated alkanes) is 3. The van der Waals surface area contributed by atoms with E-state index >= 15 is 0 Å². The Morgan fingerprint density at radius 3 is 1.22 bits per heavy atom. The molecule has 0 heterocycles. The highest BCUT2D eigenvalue weighted by atomic mass is 35.5. The number of halogens is 2. The summed E-state index contributed by atoms with van der Waals surface area (Å²) in [4.78, 5) is 0. The molecule has 0 aromatic carbocycles. The van der Waals surface area contributed by atoms with E-state index in [1.54, 1.807) is 0 Å². The molecule has 0 saturated carbocycles. The Morgan fingerprint density at radius 1 is 0.889 bits per heavy atom. The highest BCUT2D eigenvalue weighted by Crippen LogP contribution is 1.95. The van der Waals surface area contributed by atoms with Crippen LogP contribution in [0.25, 0.3) is 0 Å². The molecule has 0 spiro atoms. The summed E-state index contributed by atoms with van der Waals surface area (Å²) >= 11 is 9.53. The molecule has 0 aliphatic carbocycles. The summed E-state index contributed by atoms with van der Waals surface area (Å²) in [6, 6.07) is 0. The van der Waals surface area contributed by atoms with Crippen molar-refractivity contribution in [1.29, 1.82) is 0 Å². The maximum atomic E-state index is 4.76. The van der Waals surface area contributed by atoms with E-state index in [0.29, 0.717) is 0 Å². The quantitative estimate of drug-likeness (QED) is 0.444. The Hall–Kier alpha value is 0.580. The zero-order valence-corrected chi connectivity index (χ0v) is 7.80. The van der Waals surface area contributed by atoms with Gasteiger partial charge in [0.25, 0.3) is 0 Å². The molecule has 0 amide bonds. The largest absolute Gasteiger partial charge is 0.109 e. The second-order valence-electron chi connectivity index (χ2n) is 1.81. The Kier molecular flexibility index (Phi) is 21.6. The molecule has 0 bridgehead atoms. The smallest absolute Gasteiger partial charge is 0.0967 e. The van der Waals surface area contributed by atoms with Gasteiger partial charge < -0.3 is 0 Å². The van der Waals surface area contributed by atoms with Gasteiger partial charge in [0, 0.05) is 0 Å². The molecule has 0 aliphatic rings. The maximum Gasteiger partial charge on any atom is 0.0967 e. The molecule has 0 fully saturated rings. The second-order valence-corrected chi connectivity index (χ2v) is 2.62. The van der Waals surface area contributed by atoms with Gasteiger partial charge in [-0.25, -0.2) is 0 Å². The minimum atomic E-state index is 0.194. The van der Waals surface area contributed by atoms with Gasteiger partial charge in [-0.05, 0) is 0 Å². The SMILES string of the molecule is CCCCCC.ClCCl. The zero-order chi connectivity index (χ0) is 7.54. The molecule has 9 heavy (non-hydrogen) atoms. The van der Waals surface area contributed by atoms with Gasteiger partial charge in [-0.1, -0.05) is 39.5 Å². The fourth-order valence-corrected chi connectivity index (χ4v) is 0.500. The summed E-state index contributed by atoms with van der Waals surface area (Å²) in [5.41, 5.74) is 0. The molecule has 0 nitrogen and oxygen atoms in total. The van der Waals surface area contributed by atoms with Crippen LogP contribution >= 0.6 is 23.2 Å². The monoisotopic (exact) mass is 170 g/mol. The Balaban J connectivity index is 0. The third kappa shape index (κ3) is 29.0. The standard InChI is InChI=1S/C6H14.CH2Cl2/c1-3-5-6-4-2;2-1-3/h3-6H2,1-2H3;1H2. The lowest BCUT2D eigenvalue weighted by molar-refractivity contribution is 0.702. The van der Waals surface area contributed by atoms with Crippen LogP contribution in [0.3, 0.4) is 0 Å². The normalized spacial score (nSPS) is 8.00. The van der Waals surface area contributed by atoms with Crippen molar-refractivity contribution in [3.05, 3.63) is 0 Å². The summed E-state index contributed by atoms with van der Waals surface area (Å²) in [7, 11) is 0. The molecule has 0 aromatic heterocycles. The van der Waals surface area contributed by atoms with Crippen LogP contribution in [-0.4, -0.2) is 5.34 Å². The number of hydrogen-bond acceptors (Lipinski definition) is 0. The first-order valence-corrected chi connectivity index (χ1v) is 4.52. The fraction of sp³-hybridized carbons (Fsp3) is 1.00. The Morgan fingerprint density at radius 2 is 1.11 bits per heavy atom. The van der Waals surface area contributed by atoms with E-state index < -0.39 is 0 Å². The molecule has 0 radical (unpaired) electrons.